The molecule has 3 N–H and O–H groups in total. The topological polar surface area (TPSA) is 102 Å². The fraction of sp³-hybridized carbons (Fsp3) is 0.316. The van der Waals surface area contributed by atoms with Crippen LogP contribution in [0.4, 0.5) is 0 Å². The number of aromatic nitrogens is 1. The normalized spacial score (nSPS) is 16.5. The average Bonchev–Trinajstić information content (AvgIpc) is 2.63. The van der Waals surface area contributed by atoms with Gasteiger partial charge >= 0.3 is 0 Å². The first-order valence-corrected chi connectivity index (χ1v) is 8.41. The van der Waals surface area contributed by atoms with Gasteiger partial charge in [-0.05, 0) is 18.6 Å². The predicted molar refractivity (Wildman–Crippen MR) is 95.8 cm³/mol. The van der Waals surface area contributed by atoms with E-state index in [1.165, 1.54) is 23.2 Å². The highest BCUT2D eigenvalue weighted by atomic mass is 16.3. The van der Waals surface area contributed by atoms with Gasteiger partial charge in [-0.25, -0.2) is 0 Å². The Morgan fingerprint density at radius 2 is 1.96 bits per heavy atom. The highest BCUT2D eigenvalue weighted by Gasteiger charge is 2.44. The third-order valence-electron chi connectivity index (χ3n) is 4.56. The van der Waals surface area contributed by atoms with Crippen molar-refractivity contribution in [1.29, 1.82) is 0 Å². The number of hydrogen-bond acceptors (Lipinski definition) is 4. The van der Waals surface area contributed by atoms with E-state index in [1.54, 1.807) is 6.92 Å². The molecule has 1 saturated heterocycles. The Labute approximate surface area is 150 Å². The van der Waals surface area contributed by atoms with Crippen molar-refractivity contribution >= 4 is 11.8 Å². The zero-order valence-electron chi connectivity index (χ0n) is 14.4. The second-order valence-corrected chi connectivity index (χ2v) is 6.68. The first kappa shape index (κ1) is 17.9. The zero-order chi connectivity index (χ0) is 18.7. The van der Waals surface area contributed by atoms with E-state index >= 15 is 0 Å². The number of rotatable bonds is 5. The van der Waals surface area contributed by atoms with Gasteiger partial charge < -0.3 is 20.3 Å². The number of aliphatic hydroxyl groups is 1. The minimum absolute atomic E-state index is 0.0716. The molecule has 0 bridgehead atoms. The molecule has 26 heavy (non-hydrogen) atoms. The fourth-order valence-corrected chi connectivity index (χ4v) is 2.98. The first-order valence-electron chi connectivity index (χ1n) is 8.41. The summed E-state index contributed by atoms with van der Waals surface area (Å²) in [7, 11) is 0. The summed E-state index contributed by atoms with van der Waals surface area (Å²) in [5.41, 5.74) is -0.328. The third-order valence-corrected chi connectivity index (χ3v) is 4.56. The van der Waals surface area contributed by atoms with Gasteiger partial charge in [0.25, 0.3) is 5.91 Å². The molecule has 1 unspecified atom stereocenters. The fourth-order valence-electron chi connectivity index (χ4n) is 2.98. The Hall–Kier alpha value is -2.93. The number of likely N-dealkylation sites (tertiary alicyclic amines) is 1. The van der Waals surface area contributed by atoms with Crippen molar-refractivity contribution in [2.45, 2.75) is 18.4 Å². The summed E-state index contributed by atoms with van der Waals surface area (Å²) in [4.78, 5) is 39.7. The minimum Gasteiger partial charge on any atom is -0.384 e. The Balaban J connectivity index is 1.52. The Morgan fingerprint density at radius 1 is 1.27 bits per heavy atom. The first-order chi connectivity index (χ1) is 12.4. The van der Waals surface area contributed by atoms with Crippen molar-refractivity contribution in [3.8, 4) is 0 Å². The lowest BCUT2D eigenvalue weighted by atomic mass is 9.92. The van der Waals surface area contributed by atoms with Crippen molar-refractivity contribution in [2.24, 2.45) is 0 Å². The summed E-state index contributed by atoms with van der Waals surface area (Å²) >= 11 is 0. The monoisotopic (exact) mass is 355 g/mol. The smallest absolute Gasteiger partial charge is 0.254 e. The summed E-state index contributed by atoms with van der Waals surface area (Å²) in [5.74, 6) is -0.817. The number of aromatic amines is 1. The van der Waals surface area contributed by atoms with Crippen LogP contribution in [-0.4, -0.2) is 52.0 Å². The summed E-state index contributed by atoms with van der Waals surface area (Å²) in [5, 5.41) is 13.2. The van der Waals surface area contributed by atoms with Gasteiger partial charge in [0.2, 0.25) is 11.5 Å². The SMILES string of the molecule is CC(C(=O)NCC1(O)CN(C(=O)c2cc[nH]c(=O)c2)C1)c1ccccc1. The van der Waals surface area contributed by atoms with Gasteiger partial charge in [-0.15, -0.1) is 0 Å². The third kappa shape index (κ3) is 3.83. The van der Waals surface area contributed by atoms with E-state index in [4.69, 9.17) is 0 Å². The summed E-state index contributed by atoms with van der Waals surface area (Å²) in [6.07, 6.45) is 1.41. The molecular weight excluding hydrogens is 334 g/mol. The number of nitrogens with one attached hydrogen (secondary N) is 2. The van der Waals surface area contributed by atoms with E-state index in [-0.39, 0.29) is 48.5 Å². The summed E-state index contributed by atoms with van der Waals surface area (Å²) < 4.78 is 0. The molecule has 1 fully saturated rings. The van der Waals surface area contributed by atoms with E-state index in [9.17, 15) is 19.5 Å². The lowest BCUT2D eigenvalue weighted by Crippen LogP contribution is -2.67. The number of amides is 2. The van der Waals surface area contributed by atoms with Crippen LogP contribution in [0.5, 0.6) is 0 Å². The van der Waals surface area contributed by atoms with Crippen LogP contribution < -0.4 is 10.9 Å². The number of carbonyl (C=O) groups excluding carboxylic acids is 2. The molecule has 1 aromatic carbocycles. The zero-order valence-corrected chi connectivity index (χ0v) is 14.4. The van der Waals surface area contributed by atoms with Gasteiger partial charge in [-0.2, -0.15) is 0 Å². The molecule has 1 aromatic heterocycles. The number of H-pyrrole nitrogens is 1. The molecule has 0 saturated carbocycles. The lowest BCUT2D eigenvalue weighted by molar-refractivity contribution is -0.126. The molecule has 2 heterocycles. The van der Waals surface area contributed by atoms with Crippen molar-refractivity contribution in [3.63, 3.8) is 0 Å². The number of carbonyl (C=O) groups is 2. The second-order valence-electron chi connectivity index (χ2n) is 6.68. The molecule has 1 aliphatic rings. The molecule has 2 aromatic rings. The van der Waals surface area contributed by atoms with E-state index in [1.807, 2.05) is 30.3 Å². The largest absolute Gasteiger partial charge is 0.384 e. The van der Waals surface area contributed by atoms with Crippen LogP contribution in [-0.2, 0) is 4.79 Å². The standard InChI is InChI=1S/C19H21N3O4/c1-13(14-5-3-2-4-6-14)17(24)21-10-19(26)11-22(12-19)18(25)15-7-8-20-16(23)9-15/h2-9,13,26H,10-12H2,1H3,(H,20,23)(H,21,24). The number of hydrogen-bond donors (Lipinski definition) is 3. The van der Waals surface area contributed by atoms with Crippen molar-refractivity contribution in [3.05, 3.63) is 70.1 Å². The lowest BCUT2D eigenvalue weighted by Gasteiger charge is -2.46. The Morgan fingerprint density at radius 3 is 2.62 bits per heavy atom. The van der Waals surface area contributed by atoms with Crippen molar-refractivity contribution in [2.75, 3.05) is 19.6 Å². The van der Waals surface area contributed by atoms with Gasteiger partial charge in [0.15, 0.2) is 0 Å². The van der Waals surface area contributed by atoms with E-state index in [0.717, 1.165) is 5.56 Å². The molecule has 0 radical (unpaired) electrons. The Bertz CT molecular complexity index is 856. The maximum atomic E-state index is 12.3. The van der Waals surface area contributed by atoms with E-state index in [2.05, 4.69) is 10.3 Å². The van der Waals surface area contributed by atoms with Crippen LogP contribution in [0.3, 0.4) is 0 Å². The highest BCUT2D eigenvalue weighted by Crippen LogP contribution is 2.23. The molecule has 1 atom stereocenters. The number of nitrogens with zero attached hydrogens (tertiary/aromatic N) is 1. The van der Waals surface area contributed by atoms with Gasteiger partial charge in [-0.3, -0.25) is 14.4 Å². The molecule has 136 valence electrons. The predicted octanol–water partition coefficient (Wildman–Crippen LogP) is 0.482. The minimum atomic E-state index is -1.15. The average molecular weight is 355 g/mol. The van der Waals surface area contributed by atoms with Crippen LogP contribution in [0, 0.1) is 0 Å². The van der Waals surface area contributed by atoms with Gasteiger partial charge in [0.05, 0.1) is 19.0 Å². The molecule has 0 spiro atoms. The van der Waals surface area contributed by atoms with Crippen molar-refractivity contribution < 1.29 is 14.7 Å². The number of benzene rings is 1. The van der Waals surface area contributed by atoms with Crippen LogP contribution in [0.2, 0.25) is 0 Å². The maximum absolute atomic E-state index is 12.3. The molecule has 1 aliphatic heterocycles. The Kier molecular flexibility index (Phi) is 4.90. The van der Waals surface area contributed by atoms with Crippen molar-refractivity contribution in [1.82, 2.24) is 15.2 Å². The van der Waals surface area contributed by atoms with Gasteiger partial charge in [0, 0.05) is 24.4 Å². The van der Waals surface area contributed by atoms with E-state index in [0.29, 0.717) is 0 Å². The van der Waals surface area contributed by atoms with Crippen LogP contribution in [0.25, 0.3) is 0 Å². The summed E-state index contributed by atoms with van der Waals surface area (Å²) in [6.45, 7) is 2.09. The number of β-amino-alcohol motifs (C(OH)–C–C–N with tert-alkyl or cyclic N) is 1. The quantitative estimate of drug-likeness (QED) is 0.726. The highest BCUT2D eigenvalue weighted by molar-refractivity contribution is 5.94. The molecule has 7 nitrogen and oxygen atoms in total. The van der Waals surface area contributed by atoms with Crippen LogP contribution >= 0.6 is 0 Å². The number of pyridine rings is 1. The van der Waals surface area contributed by atoms with Gasteiger partial charge in [-0.1, -0.05) is 30.3 Å². The molecule has 3 rings (SSSR count). The molecular formula is C19H21N3O4. The molecule has 7 heteroatoms. The van der Waals surface area contributed by atoms with Gasteiger partial charge in [0.1, 0.15) is 5.60 Å². The van der Waals surface area contributed by atoms with E-state index < -0.39 is 5.60 Å². The molecule has 0 aliphatic carbocycles. The van der Waals surface area contributed by atoms with Crippen LogP contribution in [0.15, 0.2) is 53.5 Å². The summed E-state index contributed by atoms with van der Waals surface area (Å²) in [6, 6.07) is 12.1. The van der Waals surface area contributed by atoms with Crippen LogP contribution in [0.1, 0.15) is 28.8 Å². The second kappa shape index (κ2) is 7.13. The maximum Gasteiger partial charge on any atom is 0.254 e. The molecule has 2 amide bonds.